The first kappa shape index (κ1) is 23.4. The Morgan fingerprint density at radius 2 is 2.00 bits per heavy atom. The third kappa shape index (κ3) is 4.08. The third-order valence-electron chi connectivity index (χ3n) is 6.94. The van der Waals surface area contributed by atoms with Crippen LogP contribution in [0, 0.1) is 5.82 Å². The second kappa shape index (κ2) is 8.84. The summed E-state index contributed by atoms with van der Waals surface area (Å²) in [4.78, 5) is 38.9. The first-order chi connectivity index (χ1) is 17.8. The van der Waals surface area contributed by atoms with E-state index >= 15 is 4.39 Å². The van der Waals surface area contributed by atoms with Gasteiger partial charge in [0.1, 0.15) is 23.4 Å². The minimum Gasteiger partial charge on any atom is -0.477 e. The molecule has 4 aromatic rings. The molecular formula is C25H22ClFN6O4. The molecule has 6 rings (SSSR count). The van der Waals surface area contributed by atoms with Crippen LogP contribution < -0.4 is 15.6 Å². The number of anilines is 1. The Bertz CT molecular complexity index is 1650. The number of benzene rings is 2. The number of aromatic carboxylic acids is 1. The van der Waals surface area contributed by atoms with Gasteiger partial charge in [0.25, 0.3) is 0 Å². The zero-order valence-electron chi connectivity index (χ0n) is 19.5. The van der Waals surface area contributed by atoms with Crippen molar-refractivity contribution in [2.24, 2.45) is 0 Å². The molecule has 1 aliphatic heterocycles. The summed E-state index contributed by atoms with van der Waals surface area (Å²) in [5.74, 6) is -2.31. The first-order valence-corrected chi connectivity index (χ1v) is 12.3. The predicted octanol–water partition coefficient (Wildman–Crippen LogP) is 2.97. The number of aromatic nitrogens is 4. The molecule has 37 heavy (non-hydrogen) atoms. The van der Waals surface area contributed by atoms with Gasteiger partial charge in [0.2, 0.25) is 11.3 Å². The van der Waals surface area contributed by atoms with Gasteiger partial charge in [-0.05, 0) is 37.5 Å². The number of amides is 1. The van der Waals surface area contributed by atoms with E-state index in [0.717, 1.165) is 24.4 Å². The number of nitrogens with zero attached hydrogens (tertiary/aromatic N) is 5. The number of carboxylic acid groups (broad SMARTS) is 1. The summed E-state index contributed by atoms with van der Waals surface area (Å²) >= 11 is 6.72. The molecule has 0 radical (unpaired) electrons. The van der Waals surface area contributed by atoms with E-state index in [9.17, 15) is 19.5 Å². The van der Waals surface area contributed by atoms with Crippen molar-refractivity contribution in [1.82, 2.24) is 24.9 Å². The summed E-state index contributed by atoms with van der Waals surface area (Å²) in [5, 5.41) is 20.5. The van der Waals surface area contributed by atoms with Gasteiger partial charge in [0, 0.05) is 31.4 Å². The summed E-state index contributed by atoms with van der Waals surface area (Å²) < 4.78 is 18.6. The van der Waals surface area contributed by atoms with Crippen LogP contribution in [0.3, 0.4) is 0 Å². The summed E-state index contributed by atoms with van der Waals surface area (Å²) in [6, 6.07) is 8.20. The number of carbonyl (C=O) groups excluding carboxylic acids is 1. The number of carbonyl (C=O) groups is 2. The van der Waals surface area contributed by atoms with E-state index in [1.807, 2.05) is 24.3 Å². The molecular weight excluding hydrogens is 503 g/mol. The van der Waals surface area contributed by atoms with E-state index in [1.165, 1.54) is 10.9 Å². The van der Waals surface area contributed by atoms with Crippen molar-refractivity contribution in [3.05, 3.63) is 63.2 Å². The average Bonchev–Trinajstić information content (AvgIpc) is 3.49. The number of rotatable bonds is 6. The summed E-state index contributed by atoms with van der Waals surface area (Å²) in [6.45, 7) is 0.773. The van der Waals surface area contributed by atoms with Crippen LogP contribution in [0.15, 0.2) is 41.3 Å². The van der Waals surface area contributed by atoms with E-state index in [-0.39, 0.29) is 40.6 Å². The molecule has 190 valence electrons. The molecule has 1 amide bonds. The molecule has 3 heterocycles. The van der Waals surface area contributed by atoms with Crippen molar-refractivity contribution in [3.8, 4) is 0 Å². The summed E-state index contributed by atoms with van der Waals surface area (Å²) in [7, 11) is 0. The molecule has 2 fully saturated rings. The Kier molecular flexibility index (Phi) is 5.59. The largest absolute Gasteiger partial charge is 0.477 e. The van der Waals surface area contributed by atoms with Crippen LogP contribution in [0.25, 0.3) is 21.9 Å². The maximum absolute atomic E-state index is 15.4. The second-order valence-electron chi connectivity index (χ2n) is 9.47. The summed E-state index contributed by atoms with van der Waals surface area (Å²) in [5.41, 5.74) is 0.754. The van der Waals surface area contributed by atoms with E-state index in [4.69, 9.17) is 11.6 Å². The lowest BCUT2D eigenvalue weighted by Gasteiger charge is -2.23. The van der Waals surface area contributed by atoms with Crippen molar-refractivity contribution >= 4 is 51.1 Å². The summed E-state index contributed by atoms with van der Waals surface area (Å²) in [6.07, 6.45) is 3.52. The fourth-order valence-corrected chi connectivity index (χ4v) is 5.45. The fourth-order valence-electron chi connectivity index (χ4n) is 5.04. The van der Waals surface area contributed by atoms with Crippen molar-refractivity contribution in [2.45, 2.75) is 37.9 Å². The molecule has 2 aromatic heterocycles. The average molecular weight is 525 g/mol. The molecule has 0 spiro atoms. The van der Waals surface area contributed by atoms with Crippen LogP contribution in [-0.4, -0.2) is 55.7 Å². The van der Waals surface area contributed by atoms with Gasteiger partial charge in [0.15, 0.2) is 0 Å². The van der Waals surface area contributed by atoms with Crippen molar-refractivity contribution in [2.75, 3.05) is 18.0 Å². The highest BCUT2D eigenvalue weighted by atomic mass is 35.5. The van der Waals surface area contributed by atoms with E-state index in [0.29, 0.717) is 30.5 Å². The molecule has 1 unspecified atom stereocenters. The Morgan fingerprint density at radius 3 is 2.76 bits per heavy atom. The van der Waals surface area contributed by atoms with Crippen LogP contribution in [-0.2, 0) is 11.3 Å². The molecule has 1 saturated heterocycles. The highest BCUT2D eigenvalue weighted by Crippen LogP contribution is 2.42. The minimum absolute atomic E-state index is 0.00167. The van der Waals surface area contributed by atoms with Gasteiger partial charge in [-0.2, -0.15) is 0 Å². The number of halogens is 2. The van der Waals surface area contributed by atoms with E-state index in [1.54, 1.807) is 9.47 Å². The first-order valence-electron chi connectivity index (χ1n) is 11.9. The maximum atomic E-state index is 15.4. The van der Waals surface area contributed by atoms with Crippen LogP contribution in [0.1, 0.15) is 35.7 Å². The Labute approximate surface area is 214 Å². The van der Waals surface area contributed by atoms with Gasteiger partial charge in [-0.1, -0.05) is 28.9 Å². The number of hydrogen-bond acceptors (Lipinski definition) is 6. The molecule has 2 aromatic carbocycles. The highest BCUT2D eigenvalue weighted by molar-refractivity contribution is 6.38. The lowest BCUT2D eigenvalue weighted by atomic mass is 10.1. The lowest BCUT2D eigenvalue weighted by molar-refractivity contribution is -0.122. The topological polar surface area (TPSA) is 122 Å². The van der Waals surface area contributed by atoms with Crippen molar-refractivity contribution < 1.29 is 19.1 Å². The van der Waals surface area contributed by atoms with Crippen LogP contribution in [0.2, 0.25) is 5.02 Å². The van der Waals surface area contributed by atoms with Crippen molar-refractivity contribution in [1.29, 1.82) is 0 Å². The van der Waals surface area contributed by atoms with Crippen molar-refractivity contribution in [3.63, 3.8) is 0 Å². The smallest absolute Gasteiger partial charge is 0.341 e. The fraction of sp³-hybridized carbons (Fsp3) is 0.320. The number of nitrogens with one attached hydrogen (secondary N) is 1. The van der Waals surface area contributed by atoms with Gasteiger partial charge < -0.3 is 19.9 Å². The van der Waals surface area contributed by atoms with E-state index in [2.05, 4.69) is 15.6 Å². The van der Waals surface area contributed by atoms with E-state index < -0.39 is 22.8 Å². The zero-order chi connectivity index (χ0) is 25.8. The molecule has 2 N–H and O–H groups in total. The van der Waals surface area contributed by atoms with Gasteiger partial charge in [-0.3, -0.25) is 9.59 Å². The Balaban J connectivity index is 1.26. The minimum atomic E-state index is -1.36. The van der Waals surface area contributed by atoms with Gasteiger partial charge in [-0.15, -0.1) is 5.10 Å². The number of carboxylic acids is 1. The number of para-hydroxylation sites is 1. The molecule has 0 bridgehead atoms. The number of pyridine rings is 1. The molecule has 1 saturated carbocycles. The zero-order valence-corrected chi connectivity index (χ0v) is 20.3. The van der Waals surface area contributed by atoms with Gasteiger partial charge in [-0.25, -0.2) is 13.9 Å². The molecule has 1 aliphatic carbocycles. The Morgan fingerprint density at radius 1 is 1.22 bits per heavy atom. The van der Waals surface area contributed by atoms with Crippen LogP contribution >= 0.6 is 11.6 Å². The predicted molar refractivity (Wildman–Crippen MR) is 135 cm³/mol. The van der Waals surface area contributed by atoms with Gasteiger partial charge >= 0.3 is 5.97 Å². The number of hydrogen-bond donors (Lipinski definition) is 2. The molecule has 1 atom stereocenters. The lowest BCUT2D eigenvalue weighted by Crippen LogP contribution is -2.39. The molecule has 2 aliphatic rings. The maximum Gasteiger partial charge on any atom is 0.341 e. The Hall–Kier alpha value is -3.99. The molecule has 12 heteroatoms. The SMILES string of the molecule is O=C(Cn1nnc2ccccc21)NC1CCN(c2c(F)cc3c(=O)c(C(=O)O)cn(C4CC4)c3c2Cl)C1. The second-order valence-corrected chi connectivity index (χ2v) is 9.85. The standard InChI is InChI=1S/C25H22ClFN6O4/c26-21-22-15(24(35)16(25(36)37)11-32(22)14-5-6-14)9-17(27)23(21)31-8-7-13(10-31)28-20(34)12-33-19-4-2-1-3-18(19)29-30-33/h1-4,9,11,13-14H,5-8,10,12H2,(H,28,34)(H,36,37). The molecule has 10 nitrogen and oxygen atoms in total. The van der Waals surface area contributed by atoms with Crippen LogP contribution in [0.5, 0.6) is 0 Å². The third-order valence-corrected chi connectivity index (χ3v) is 7.30. The quantitative estimate of drug-likeness (QED) is 0.397. The number of fused-ring (bicyclic) bond motifs is 2. The monoisotopic (exact) mass is 524 g/mol. The normalized spacial score (nSPS) is 17.6. The highest BCUT2D eigenvalue weighted by Gasteiger charge is 2.32. The van der Waals surface area contributed by atoms with Gasteiger partial charge in [0.05, 0.1) is 27.1 Å². The van der Waals surface area contributed by atoms with Crippen LogP contribution in [0.4, 0.5) is 10.1 Å².